The number of ether oxygens (including phenoxy) is 3. The highest BCUT2D eigenvalue weighted by Gasteiger charge is 2.57. The van der Waals surface area contributed by atoms with Crippen LogP contribution in [0.1, 0.15) is 71.1 Å². The van der Waals surface area contributed by atoms with E-state index in [0.29, 0.717) is 0 Å². The van der Waals surface area contributed by atoms with E-state index in [1.165, 1.54) is 26.2 Å². The van der Waals surface area contributed by atoms with Gasteiger partial charge in [0.25, 0.3) is 0 Å². The SMILES string of the molecule is CC(=O)OC[C@H]1O[C@H]2CC2C1OC(=O)CCC(=O)C1CCCCCCC1. The van der Waals surface area contributed by atoms with Gasteiger partial charge in [-0.3, -0.25) is 14.4 Å². The average molecular weight is 366 g/mol. The van der Waals surface area contributed by atoms with Gasteiger partial charge in [-0.25, -0.2) is 0 Å². The topological polar surface area (TPSA) is 78.9 Å². The van der Waals surface area contributed by atoms with Crippen LogP contribution in [0.4, 0.5) is 0 Å². The highest BCUT2D eigenvalue weighted by molar-refractivity contribution is 5.84. The molecule has 2 aliphatic carbocycles. The van der Waals surface area contributed by atoms with Gasteiger partial charge in [0.05, 0.1) is 12.5 Å². The van der Waals surface area contributed by atoms with Crippen LogP contribution in [0, 0.1) is 11.8 Å². The molecule has 0 amide bonds. The Morgan fingerprint density at radius 2 is 1.69 bits per heavy atom. The molecule has 0 spiro atoms. The summed E-state index contributed by atoms with van der Waals surface area (Å²) in [4.78, 5) is 35.6. The van der Waals surface area contributed by atoms with E-state index in [9.17, 15) is 14.4 Å². The summed E-state index contributed by atoms with van der Waals surface area (Å²) in [6, 6.07) is 0. The van der Waals surface area contributed by atoms with Crippen LogP contribution in [0.2, 0.25) is 0 Å². The lowest BCUT2D eigenvalue weighted by Gasteiger charge is -2.22. The number of rotatable bonds is 7. The van der Waals surface area contributed by atoms with Gasteiger partial charge in [0.15, 0.2) is 0 Å². The number of carbonyl (C=O) groups excluding carboxylic acids is 3. The van der Waals surface area contributed by atoms with Crippen molar-refractivity contribution in [3.8, 4) is 0 Å². The Morgan fingerprint density at radius 1 is 1.00 bits per heavy atom. The molecule has 2 unspecified atom stereocenters. The van der Waals surface area contributed by atoms with Gasteiger partial charge in [-0.15, -0.1) is 0 Å². The zero-order valence-electron chi connectivity index (χ0n) is 15.6. The molecule has 3 rings (SSSR count). The fourth-order valence-electron chi connectivity index (χ4n) is 4.18. The molecule has 1 saturated heterocycles. The van der Waals surface area contributed by atoms with Crippen molar-refractivity contribution in [2.45, 2.75) is 89.4 Å². The van der Waals surface area contributed by atoms with E-state index in [2.05, 4.69) is 0 Å². The lowest BCUT2D eigenvalue weighted by molar-refractivity contribution is -0.160. The number of hydrogen-bond acceptors (Lipinski definition) is 6. The number of ketones is 1. The van der Waals surface area contributed by atoms with Gasteiger partial charge in [-0.1, -0.05) is 32.1 Å². The van der Waals surface area contributed by atoms with Crippen molar-refractivity contribution in [3.05, 3.63) is 0 Å². The second kappa shape index (κ2) is 8.98. The highest BCUT2D eigenvalue weighted by atomic mass is 16.6. The summed E-state index contributed by atoms with van der Waals surface area (Å²) >= 11 is 0. The molecule has 6 heteroatoms. The van der Waals surface area contributed by atoms with Crippen molar-refractivity contribution < 1.29 is 28.6 Å². The average Bonchev–Trinajstić information content (AvgIpc) is 3.26. The summed E-state index contributed by atoms with van der Waals surface area (Å²) in [5.41, 5.74) is 0. The van der Waals surface area contributed by atoms with Gasteiger partial charge in [0.2, 0.25) is 0 Å². The molecule has 146 valence electrons. The number of esters is 2. The molecule has 1 heterocycles. The number of Topliss-reactive ketones (excluding diaryl/α,β-unsaturated/α-hetero) is 1. The molecule has 4 atom stereocenters. The molecule has 0 aromatic rings. The molecule has 0 aromatic heterocycles. The molecular formula is C20H30O6. The molecule has 26 heavy (non-hydrogen) atoms. The Hall–Kier alpha value is -1.43. The minimum atomic E-state index is -0.382. The zero-order valence-corrected chi connectivity index (χ0v) is 15.6. The Labute approximate surface area is 154 Å². The molecule has 0 radical (unpaired) electrons. The standard InChI is InChI=1S/C20H30O6/c1-13(21)24-12-18-20(15-11-17(15)25-18)26-19(23)10-9-16(22)14-7-5-3-2-4-6-8-14/h14-15,17-18,20H,2-12H2,1H3/t15?,17-,18+,20?/m0/s1. The Balaban J connectivity index is 1.41. The third-order valence-electron chi connectivity index (χ3n) is 5.77. The van der Waals surface area contributed by atoms with Crippen molar-refractivity contribution in [2.24, 2.45) is 11.8 Å². The second-order valence-electron chi connectivity index (χ2n) is 7.88. The van der Waals surface area contributed by atoms with E-state index in [0.717, 1.165) is 32.1 Å². The highest BCUT2D eigenvalue weighted by Crippen LogP contribution is 2.47. The predicted molar refractivity (Wildman–Crippen MR) is 93.3 cm³/mol. The third kappa shape index (κ3) is 5.29. The van der Waals surface area contributed by atoms with Gasteiger partial charge in [-0.05, 0) is 19.3 Å². The Bertz CT molecular complexity index is 522. The van der Waals surface area contributed by atoms with Gasteiger partial charge in [0, 0.05) is 25.2 Å². The van der Waals surface area contributed by atoms with Crippen LogP contribution in [-0.4, -0.2) is 42.6 Å². The van der Waals surface area contributed by atoms with Crippen LogP contribution in [-0.2, 0) is 28.6 Å². The molecule has 3 aliphatic rings. The quantitative estimate of drug-likeness (QED) is 0.645. The largest absolute Gasteiger partial charge is 0.463 e. The Kier molecular flexibility index (Phi) is 6.68. The monoisotopic (exact) mass is 366 g/mol. The fraction of sp³-hybridized carbons (Fsp3) is 0.850. The fourth-order valence-corrected chi connectivity index (χ4v) is 4.18. The van der Waals surface area contributed by atoms with E-state index in [1.54, 1.807) is 0 Å². The van der Waals surface area contributed by atoms with Crippen molar-refractivity contribution in [3.63, 3.8) is 0 Å². The summed E-state index contributed by atoms with van der Waals surface area (Å²) in [6.07, 6.45) is 8.48. The van der Waals surface area contributed by atoms with Crippen molar-refractivity contribution in [2.75, 3.05) is 6.61 Å². The van der Waals surface area contributed by atoms with Crippen LogP contribution in [0.3, 0.4) is 0 Å². The molecular weight excluding hydrogens is 336 g/mol. The van der Waals surface area contributed by atoms with Crippen molar-refractivity contribution >= 4 is 17.7 Å². The first-order valence-electron chi connectivity index (χ1n) is 10.1. The van der Waals surface area contributed by atoms with Crippen LogP contribution in [0.15, 0.2) is 0 Å². The minimum Gasteiger partial charge on any atom is -0.463 e. The third-order valence-corrected chi connectivity index (χ3v) is 5.77. The maximum atomic E-state index is 12.4. The lowest BCUT2D eigenvalue weighted by Crippen LogP contribution is -2.35. The van der Waals surface area contributed by atoms with E-state index in [4.69, 9.17) is 14.2 Å². The predicted octanol–water partition coefficient (Wildman–Crippen LogP) is 2.96. The Morgan fingerprint density at radius 3 is 2.38 bits per heavy atom. The van der Waals surface area contributed by atoms with Crippen LogP contribution in [0.5, 0.6) is 0 Å². The maximum absolute atomic E-state index is 12.4. The minimum absolute atomic E-state index is 0.112. The van der Waals surface area contributed by atoms with E-state index < -0.39 is 0 Å². The maximum Gasteiger partial charge on any atom is 0.306 e. The van der Waals surface area contributed by atoms with Gasteiger partial charge in [0.1, 0.15) is 24.6 Å². The number of fused-ring (bicyclic) bond motifs is 1. The van der Waals surface area contributed by atoms with Crippen molar-refractivity contribution in [1.82, 2.24) is 0 Å². The normalized spacial score (nSPS) is 31.4. The molecule has 3 fully saturated rings. The number of carbonyl (C=O) groups is 3. The second-order valence-corrected chi connectivity index (χ2v) is 7.88. The lowest BCUT2D eigenvalue weighted by atomic mass is 9.87. The summed E-state index contributed by atoms with van der Waals surface area (Å²) in [6.45, 7) is 1.46. The molecule has 0 N–H and O–H groups in total. The smallest absolute Gasteiger partial charge is 0.306 e. The summed E-state index contributed by atoms with van der Waals surface area (Å²) in [7, 11) is 0. The first kappa shape index (κ1) is 19.3. The molecule has 2 saturated carbocycles. The number of hydrogen-bond donors (Lipinski definition) is 0. The zero-order chi connectivity index (χ0) is 18.5. The van der Waals surface area contributed by atoms with Crippen LogP contribution >= 0.6 is 0 Å². The van der Waals surface area contributed by atoms with Crippen LogP contribution in [0.25, 0.3) is 0 Å². The van der Waals surface area contributed by atoms with E-state index >= 15 is 0 Å². The first-order chi connectivity index (χ1) is 12.5. The molecule has 1 aliphatic heterocycles. The summed E-state index contributed by atoms with van der Waals surface area (Å²) in [5.74, 6) is -0.197. The van der Waals surface area contributed by atoms with E-state index in [-0.39, 0.29) is 67.3 Å². The van der Waals surface area contributed by atoms with Gasteiger partial charge in [-0.2, -0.15) is 0 Å². The first-order valence-corrected chi connectivity index (χ1v) is 10.1. The summed E-state index contributed by atoms with van der Waals surface area (Å²) < 4.78 is 16.3. The van der Waals surface area contributed by atoms with E-state index in [1.807, 2.05) is 0 Å². The molecule has 6 nitrogen and oxygen atoms in total. The van der Waals surface area contributed by atoms with Crippen LogP contribution < -0.4 is 0 Å². The van der Waals surface area contributed by atoms with Gasteiger partial charge < -0.3 is 14.2 Å². The molecule has 0 bridgehead atoms. The van der Waals surface area contributed by atoms with Gasteiger partial charge >= 0.3 is 11.9 Å². The van der Waals surface area contributed by atoms with Crippen molar-refractivity contribution in [1.29, 1.82) is 0 Å². The molecule has 0 aromatic carbocycles. The summed E-state index contributed by atoms with van der Waals surface area (Å²) in [5, 5.41) is 0.